The Morgan fingerprint density at radius 3 is 2.64 bits per heavy atom. The van der Waals surface area contributed by atoms with E-state index in [9.17, 15) is 9.18 Å². The number of hydrogen-bond acceptors (Lipinski definition) is 5. The minimum absolute atomic E-state index is 0.00673. The molecule has 8 heteroatoms. The lowest BCUT2D eigenvalue weighted by Gasteiger charge is -2.28. The van der Waals surface area contributed by atoms with Gasteiger partial charge in [-0.25, -0.2) is 4.39 Å². The van der Waals surface area contributed by atoms with Gasteiger partial charge in [0.25, 0.3) is 0 Å². The van der Waals surface area contributed by atoms with Gasteiger partial charge in [-0.2, -0.15) is 9.78 Å². The maximum Gasteiger partial charge on any atom is 0.316 e. The molecule has 2 aromatic rings. The van der Waals surface area contributed by atoms with Gasteiger partial charge in [0.2, 0.25) is 5.75 Å². The van der Waals surface area contributed by atoms with Gasteiger partial charge >= 0.3 is 5.56 Å². The maximum atomic E-state index is 14.4. The molecule has 1 fully saturated rings. The van der Waals surface area contributed by atoms with Crippen molar-refractivity contribution < 1.29 is 9.13 Å². The minimum Gasteiger partial charge on any atom is -0.483 e. The fourth-order valence-electron chi connectivity index (χ4n) is 4.19. The van der Waals surface area contributed by atoms with Crippen LogP contribution in [0.4, 0.5) is 10.1 Å². The van der Waals surface area contributed by atoms with Crippen molar-refractivity contribution in [3.8, 4) is 11.4 Å². The Morgan fingerprint density at radius 2 is 1.97 bits per heavy atom. The normalized spacial score (nSPS) is 18.5. The summed E-state index contributed by atoms with van der Waals surface area (Å²) in [6, 6.07) is 6.18. The molecule has 1 heterocycles. The van der Waals surface area contributed by atoms with E-state index in [0.29, 0.717) is 12.2 Å². The Labute approximate surface area is 201 Å². The Bertz CT molecular complexity index is 931. The van der Waals surface area contributed by atoms with Gasteiger partial charge in [-0.3, -0.25) is 4.79 Å². The molecule has 33 heavy (non-hydrogen) atoms. The third kappa shape index (κ3) is 6.96. The minimum atomic E-state index is -0.490. The third-order valence-corrected chi connectivity index (χ3v) is 7.77. The highest BCUT2D eigenvalue weighted by molar-refractivity contribution is 7.76. The van der Waals surface area contributed by atoms with Crippen molar-refractivity contribution in [1.29, 1.82) is 0 Å². The van der Waals surface area contributed by atoms with Crippen molar-refractivity contribution in [2.24, 2.45) is 5.92 Å². The van der Waals surface area contributed by atoms with Crippen LogP contribution in [-0.4, -0.2) is 45.6 Å². The lowest BCUT2D eigenvalue weighted by molar-refractivity contribution is 0.128. The zero-order valence-corrected chi connectivity index (χ0v) is 21.0. The Morgan fingerprint density at radius 1 is 1.21 bits per heavy atom. The standard InChI is InChI=1S/C25H37FN4O2S/c1-4-17-33-29(6-3)16-15-27-22-18-28-30(23-10-8-7-9-21(23)26)25(31)24(22)32-20-13-11-19(5-2)12-14-20/h7-10,18-20,27H,4-6,11-17H2,1-3H3/p+1. The molecule has 3 rings (SSSR count). The number of para-hydroxylation sites is 1. The van der Waals surface area contributed by atoms with Crippen LogP contribution < -0.4 is 15.6 Å². The number of aromatic nitrogens is 2. The molecule has 0 aliphatic heterocycles. The van der Waals surface area contributed by atoms with Gasteiger partial charge < -0.3 is 10.1 Å². The van der Waals surface area contributed by atoms with Crippen LogP contribution in [0, 0.1) is 11.7 Å². The van der Waals surface area contributed by atoms with Crippen LogP contribution in [0.15, 0.2) is 35.3 Å². The van der Waals surface area contributed by atoms with E-state index >= 15 is 0 Å². The molecule has 0 bridgehead atoms. The molecule has 6 nitrogen and oxygen atoms in total. The molecule has 0 saturated heterocycles. The molecule has 1 N–H and O–H groups in total. The van der Waals surface area contributed by atoms with E-state index in [-0.39, 0.29) is 17.5 Å². The van der Waals surface area contributed by atoms with E-state index in [0.717, 1.165) is 61.5 Å². The predicted molar refractivity (Wildman–Crippen MR) is 136 cm³/mol. The van der Waals surface area contributed by atoms with Crippen molar-refractivity contribution in [2.45, 2.75) is 65.4 Å². The number of anilines is 1. The molecule has 0 spiro atoms. The molecule has 1 saturated carbocycles. The highest BCUT2D eigenvalue weighted by Gasteiger charge is 2.25. The lowest BCUT2D eigenvalue weighted by Crippen LogP contribution is -2.32. The van der Waals surface area contributed by atoms with Gasteiger partial charge in [-0.1, -0.05) is 32.4 Å². The first-order valence-electron chi connectivity index (χ1n) is 12.3. The zero-order valence-electron chi connectivity index (χ0n) is 20.1. The van der Waals surface area contributed by atoms with Gasteiger partial charge in [0.05, 0.1) is 30.8 Å². The van der Waals surface area contributed by atoms with Crippen LogP contribution in [-0.2, 0) is 11.9 Å². The van der Waals surface area contributed by atoms with Crippen LogP contribution in [0.2, 0.25) is 0 Å². The summed E-state index contributed by atoms with van der Waals surface area (Å²) in [5.41, 5.74) is 0.275. The highest BCUT2D eigenvalue weighted by atomic mass is 32.2. The lowest BCUT2D eigenvalue weighted by atomic mass is 9.86. The number of ether oxygens (including phenoxy) is 1. The van der Waals surface area contributed by atoms with Gasteiger partial charge in [-0.05, 0) is 57.1 Å². The summed E-state index contributed by atoms with van der Waals surface area (Å²) in [7, 11) is 0. The highest BCUT2D eigenvalue weighted by Crippen LogP contribution is 2.30. The topological polar surface area (TPSA) is 59.4 Å². The summed E-state index contributed by atoms with van der Waals surface area (Å²) in [5.74, 6) is 1.62. The van der Waals surface area contributed by atoms with E-state index in [1.54, 1.807) is 24.4 Å². The van der Waals surface area contributed by atoms with Crippen LogP contribution in [0.1, 0.15) is 59.3 Å². The van der Waals surface area contributed by atoms with Crippen molar-refractivity contribution in [1.82, 2.24) is 14.1 Å². The van der Waals surface area contributed by atoms with Crippen molar-refractivity contribution in [2.75, 3.05) is 30.7 Å². The molecule has 0 unspecified atom stereocenters. The summed E-state index contributed by atoms with van der Waals surface area (Å²) in [5, 5.41) is 7.62. The van der Waals surface area contributed by atoms with Crippen LogP contribution in [0.3, 0.4) is 0 Å². The summed E-state index contributed by atoms with van der Waals surface area (Å²) in [6.07, 6.45) is 7.99. The first kappa shape index (κ1) is 25.6. The van der Waals surface area contributed by atoms with E-state index in [1.807, 2.05) is 0 Å². The van der Waals surface area contributed by atoms with Crippen molar-refractivity contribution in [3.63, 3.8) is 0 Å². The third-order valence-electron chi connectivity index (χ3n) is 6.24. The quantitative estimate of drug-likeness (QED) is 0.358. The second kappa shape index (κ2) is 13.0. The molecule has 1 aliphatic carbocycles. The molecule has 1 aromatic carbocycles. The monoisotopic (exact) mass is 477 g/mol. The van der Waals surface area contributed by atoms with E-state index < -0.39 is 11.4 Å². The number of hydrogen-bond donors (Lipinski definition) is 1. The number of nitrogens with zero attached hydrogens (tertiary/aromatic N) is 3. The number of likely N-dealkylation sites (N-methyl/N-ethyl adjacent to an activating group) is 1. The summed E-state index contributed by atoms with van der Waals surface area (Å²) in [4.78, 5) is 13.4. The number of benzene rings is 1. The van der Waals surface area contributed by atoms with E-state index in [4.69, 9.17) is 4.74 Å². The Hall–Kier alpha value is -2.06. The molecule has 0 amide bonds. The number of rotatable bonds is 12. The van der Waals surface area contributed by atoms with Crippen LogP contribution in [0.5, 0.6) is 5.75 Å². The second-order valence-corrected chi connectivity index (χ2v) is 9.86. The predicted octanol–water partition coefficient (Wildman–Crippen LogP) is 4.59. The van der Waals surface area contributed by atoms with Gasteiger partial charge in [0.1, 0.15) is 22.9 Å². The molecular weight excluding hydrogens is 439 g/mol. The van der Waals surface area contributed by atoms with Gasteiger partial charge in [0.15, 0.2) is 0 Å². The summed E-state index contributed by atoms with van der Waals surface area (Å²) < 4.78 is 24.1. The van der Waals surface area contributed by atoms with Crippen molar-refractivity contribution >= 4 is 17.6 Å². The zero-order chi connectivity index (χ0) is 23.6. The fourth-order valence-corrected chi connectivity index (χ4v) is 5.11. The summed E-state index contributed by atoms with van der Waals surface area (Å²) >= 11 is 1.32. The number of halogens is 1. The first-order chi connectivity index (χ1) is 16.1. The summed E-state index contributed by atoms with van der Waals surface area (Å²) in [6.45, 7) is 9.07. The molecule has 1 aromatic heterocycles. The molecule has 0 atom stereocenters. The second-order valence-electron chi connectivity index (χ2n) is 8.56. The van der Waals surface area contributed by atoms with Crippen molar-refractivity contribution in [3.05, 3.63) is 46.6 Å². The molecule has 1 aliphatic rings. The average Bonchev–Trinajstić information content (AvgIpc) is 2.84. The first-order valence-corrected chi connectivity index (χ1v) is 13.3. The van der Waals surface area contributed by atoms with Gasteiger partial charge in [0, 0.05) is 13.1 Å². The SMILES string of the molecule is CCC[SH+]N(CC)CCNc1cnn(-c2ccccc2F)c(=O)c1OC1CCC(CC)CC1. The van der Waals surface area contributed by atoms with Crippen LogP contribution >= 0.6 is 0 Å². The molecule has 182 valence electrons. The molecular formula is C25H38FN4O2S+. The fraction of sp³-hybridized carbons (Fsp3) is 0.600. The largest absolute Gasteiger partial charge is 0.483 e. The van der Waals surface area contributed by atoms with E-state index in [1.165, 1.54) is 24.4 Å². The smallest absolute Gasteiger partial charge is 0.316 e. The maximum absolute atomic E-state index is 14.4. The van der Waals surface area contributed by atoms with E-state index in [2.05, 4.69) is 35.5 Å². The van der Waals surface area contributed by atoms with Crippen LogP contribution in [0.25, 0.3) is 5.69 Å². The number of thiol groups is 1. The Balaban J connectivity index is 1.81. The molecule has 0 radical (unpaired) electrons. The van der Waals surface area contributed by atoms with Gasteiger partial charge in [-0.15, -0.1) is 4.31 Å². The number of nitrogens with one attached hydrogen (secondary N) is 1. The average molecular weight is 478 g/mol. The Kier molecular flexibility index (Phi) is 10.1.